The van der Waals surface area contributed by atoms with Gasteiger partial charge >= 0.3 is 0 Å². The van der Waals surface area contributed by atoms with E-state index in [1.807, 2.05) is 0 Å². The quantitative estimate of drug-likeness (QED) is 0.691. The fraction of sp³-hybridized carbons (Fsp3) is 0.588. The van der Waals surface area contributed by atoms with Crippen molar-refractivity contribution in [2.75, 3.05) is 0 Å². The lowest BCUT2D eigenvalue weighted by Gasteiger charge is -2.25. The number of benzene rings is 1. The zero-order valence-electron chi connectivity index (χ0n) is 11.9. The highest BCUT2D eigenvalue weighted by Gasteiger charge is 2.26. The Hall–Kier alpha value is -1.18. The van der Waals surface area contributed by atoms with Crippen molar-refractivity contribution in [3.8, 4) is 0 Å². The summed E-state index contributed by atoms with van der Waals surface area (Å²) in [5.74, 6) is 0.345. The molecule has 0 amide bonds. The Bertz CT molecular complexity index is 453. The molecule has 1 fully saturated rings. The maximum atomic E-state index is 13.6. The summed E-state index contributed by atoms with van der Waals surface area (Å²) in [5.41, 5.74) is 1.14. The van der Waals surface area contributed by atoms with Crippen LogP contribution in [0.5, 0.6) is 0 Å². The Morgan fingerprint density at radius 1 is 1.16 bits per heavy atom. The number of hydrogen-bond donors (Lipinski definition) is 0. The van der Waals surface area contributed by atoms with Crippen LogP contribution < -0.4 is 0 Å². The summed E-state index contributed by atoms with van der Waals surface area (Å²) in [4.78, 5) is 12.6. The van der Waals surface area contributed by atoms with Gasteiger partial charge in [-0.1, -0.05) is 51.2 Å². The lowest BCUT2D eigenvalue weighted by Crippen LogP contribution is -2.23. The van der Waals surface area contributed by atoms with Crippen LogP contribution in [-0.2, 0) is 0 Å². The maximum Gasteiger partial charge on any atom is 0.166 e. The third kappa shape index (κ3) is 3.43. The molecule has 1 aliphatic carbocycles. The minimum atomic E-state index is -0.274. The van der Waals surface area contributed by atoms with E-state index in [9.17, 15) is 9.18 Å². The van der Waals surface area contributed by atoms with Gasteiger partial charge in [0.1, 0.15) is 5.82 Å². The van der Waals surface area contributed by atoms with Gasteiger partial charge in [0.05, 0.1) is 0 Å². The third-order valence-corrected chi connectivity index (χ3v) is 4.40. The topological polar surface area (TPSA) is 17.1 Å². The second-order valence-corrected chi connectivity index (χ2v) is 5.90. The molecule has 0 N–H and O–H groups in total. The van der Waals surface area contributed by atoms with Crippen LogP contribution in [0.4, 0.5) is 4.39 Å². The molecule has 0 radical (unpaired) electrons. The van der Waals surface area contributed by atoms with Crippen molar-refractivity contribution in [3.05, 3.63) is 35.1 Å². The highest BCUT2D eigenvalue weighted by molar-refractivity contribution is 5.98. The predicted octanol–water partition coefficient (Wildman–Crippen LogP) is 4.92. The summed E-state index contributed by atoms with van der Waals surface area (Å²) in [5, 5.41) is 0. The summed E-state index contributed by atoms with van der Waals surface area (Å²) in [6, 6.07) is 4.88. The average Bonchev–Trinajstić information content (AvgIpc) is 2.37. The van der Waals surface area contributed by atoms with Crippen LogP contribution in [0.2, 0.25) is 0 Å². The van der Waals surface area contributed by atoms with Gasteiger partial charge in [0, 0.05) is 11.5 Å². The van der Waals surface area contributed by atoms with Gasteiger partial charge in [-0.15, -0.1) is 0 Å². The van der Waals surface area contributed by atoms with E-state index in [1.165, 1.54) is 25.3 Å². The van der Waals surface area contributed by atoms with E-state index in [0.717, 1.165) is 19.3 Å². The van der Waals surface area contributed by atoms with Crippen molar-refractivity contribution in [2.24, 2.45) is 11.8 Å². The Balaban J connectivity index is 2.18. The normalized spacial score (nSPS) is 24.6. The fourth-order valence-corrected chi connectivity index (χ4v) is 3.02. The third-order valence-electron chi connectivity index (χ3n) is 4.40. The summed E-state index contributed by atoms with van der Waals surface area (Å²) in [7, 11) is 0. The number of Topliss-reactive ketones (excluding diaryl/α,β-unsaturated/α-hetero) is 1. The van der Waals surface area contributed by atoms with Gasteiger partial charge in [-0.2, -0.15) is 0 Å². The molecule has 1 aromatic carbocycles. The summed E-state index contributed by atoms with van der Waals surface area (Å²) < 4.78 is 13.6. The first-order chi connectivity index (χ1) is 9.09. The molecular weight excluding hydrogens is 239 g/mol. The number of carbonyl (C=O) groups excluding carboxylic acids is 1. The monoisotopic (exact) mass is 262 g/mol. The molecule has 1 nitrogen and oxygen atoms in total. The second-order valence-electron chi connectivity index (χ2n) is 5.90. The van der Waals surface area contributed by atoms with Crippen molar-refractivity contribution in [1.82, 2.24) is 0 Å². The Morgan fingerprint density at radius 2 is 1.84 bits per heavy atom. The van der Waals surface area contributed by atoms with Crippen LogP contribution >= 0.6 is 0 Å². The molecule has 1 saturated carbocycles. The lowest BCUT2D eigenvalue weighted by atomic mass is 9.78. The van der Waals surface area contributed by atoms with Crippen LogP contribution in [-0.4, -0.2) is 5.78 Å². The van der Waals surface area contributed by atoms with Gasteiger partial charge < -0.3 is 0 Å². The summed E-state index contributed by atoms with van der Waals surface area (Å²) in [6.07, 6.45) is 6.91. The van der Waals surface area contributed by atoms with E-state index in [-0.39, 0.29) is 17.5 Å². The predicted molar refractivity (Wildman–Crippen MR) is 75.8 cm³/mol. The number of carbonyl (C=O) groups is 1. The largest absolute Gasteiger partial charge is 0.294 e. The molecule has 0 aliphatic heterocycles. The zero-order valence-corrected chi connectivity index (χ0v) is 11.9. The van der Waals surface area contributed by atoms with Crippen LogP contribution in [0.15, 0.2) is 18.2 Å². The first kappa shape index (κ1) is 14.2. The van der Waals surface area contributed by atoms with Crippen LogP contribution in [0.25, 0.3) is 0 Å². The zero-order chi connectivity index (χ0) is 13.8. The SMILES string of the molecule is Cc1ccc(C(=O)C2CCCCCCC2C)cc1F. The van der Waals surface area contributed by atoms with Crippen molar-refractivity contribution >= 4 is 5.78 Å². The Labute approximate surface area is 115 Å². The molecule has 2 unspecified atom stereocenters. The highest BCUT2D eigenvalue weighted by Crippen LogP contribution is 2.30. The van der Waals surface area contributed by atoms with E-state index < -0.39 is 0 Å². The molecule has 0 aromatic heterocycles. The average molecular weight is 262 g/mol. The first-order valence-electron chi connectivity index (χ1n) is 7.40. The molecule has 1 aliphatic rings. The first-order valence-corrected chi connectivity index (χ1v) is 7.40. The van der Waals surface area contributed by atoms with Crippen molar-refractivity contribution in [1.29, 1.82) is 0 Å². The van der Waals surface area contributed by atoms with Crippen molar-refractivity contribution in [3.63, 3.8) is 0 Å². The molecule has 104 valence electrons. The van der Waals surface area contributed by atoms with Crippen molar-refractivity contribution in [2.45, 2.75) is 52.4 Å². The molecule has 19 heavy (non-hydrogen) atoms. The summed E-state index contributed by atoms with van der Waals surface area (Å²) >= 11 is 0. The summed E-state index contributed by atoms with van der Waals surface area (Å²) in [6.45, 7) is 3.89. The Kier molecular flexibility index (Phi) is 4.73. The molecule has 0 saturated heterocycles. The van der Waals surface area contributed by atoms with Gasteiger partial charge in [0.2, 0.25) is 0 Å². The van der Waals surface area contributed by atoms with E-state index in [0.29, 0.717) is 17.0 Å². The standard InChI is InChI=1S/C17H23FO/c1-12-7-5-3-4-6-8-15(12)17(19)14-10-9-13(2)16(18)11-14/h9-12,15H,3-8H2,1-2H3. The minimum Gasteiger partial charge on any atom is -0.294 e. The fourth-order valence-electron chi connectivity index (χ4n) is 3.02. The molecule has 0 bridgehead atoms. The molecule has 2 rings (SSSR count). The van der Waals surface area contributed by atoms with E-state index >= 15 is 0 Å². The van der Waals surface area contributed by atoms with Gasteiger partial charge in [-0.25, -0.2) is 4.39 Å². The smallest absolute Gasteiger partial charge is 0.166 e. The molecule has 0 heterocycles. The van der Waals surface area contributed by atoms with E-state index in [2.05, 4.69) is 6.92 Å². The molecule has 2 heteroatoms. The van der Waals surface area contributed by atoms with E-state index in [4.69, 9.17) is 0 Å². The number of hydrogen-bond acceptors (Lipinski definition) is 1. The Morgan fingerprint density at radius 3 is 2.53 bits per heavy atom. The molecule has 2 atom stereocenters. The second kappa shape index (κ2) is 6.31. The van der Waals surface area contributed by atoms with E-state index in [1.54, 1.807) is 19.1 Å². The van der Waals surface area contributed by atoms with Crippen LogP contribution in [0, 0.1) is 24.6 Å². The number of rotatable bonds is 2. The van der Waals surface area contributed by atoms with Gasteiger partial charge in [-0.05, 0) is 30.9 Å². The van der Waals surface area contributed by atoms with Gasteiger partial charge in [0.25, 0.3) is 0 Å². The minimum absolute atomic E-state index is 0.0717. The highest BCUT2D eigenvalue weighted by atomic mass is 19.1. The number of aryl methyl sites for hydroxylation is 1. The number of halogens is 1. The molecule has 0 spiro atoms. The lowest BCUT2D eigenvalue weighted by molar-refractivity contribution is 0.0853. The van der Waals surface area contributed by atoms with Gasteiger partial charge in [0.15, 0.2) is 5.78 Å². The number of ketones is 1. The van der Waals surface area contributed by atoms with Crippen LogP contribution in [0.3, 0.4) is 0 Å². The van der Waals surface area contributed by atoms with Crippen molar-refractivity contribution < 1.29 is 9.18 Å². The van der Waals surface area contributed by atoms with Gasteiger partial charge in [-0.3, -0.25) is 4.79 Å². The van der Waals surface area contributed by atoms with Crippen LogP contribution in [0.1, 0.15) is 61.4 Å². The molecular formula is C17H23FO. The molecule has 1 aromatic rings. The maximum absolute atomic E-state index is 13.6.